The number of fused-ring (bicyclic) bond motifs is 1. The van der Waals surface area contributed by atoms with Gasteiger partial charge in [0.05, 0.1) is 17.1 Å². The maximum Gasteiger partial charge on any atom is 0.245 e. The Morgan fingerprint density at radius 3 is 2.88 bits per heavy atom. The molecule has 4 rings (SSSR count). The topological polar surface area (TPSA) is 67.2 Å². The summed E-state index contributed by atoms with van der Waals surface area (Å²) in [5.41, 5.74) is 2.04. The van der Waals surface area contributed by atoms with Crippen molar-refractivity contribution in [1.82, 2.24) is 19.8 Å². The minimum absolute atomic E-state index is 0.00581. The van der Waals surface area contributed by atoms with E-state index in [0.717, 1.165) is 49.1 Å². The van der Waals surface area contributed by atoms with Crippen LogP contribution in [0.15, 0.2) is 24.3 Å². The van der Waals surface area contributed by atoms with Crippen molar-refractivity contribution < 1.29 is 9.59 Å². The van der Waals surface area contributed by atoms with Gasteiger partial charge in [-0.25, -0.2) is 4.98 Å². The molecular weight excluding hydrogens is 304 g/mol. The maximum atomic E-state index is 12.9. The Kier molecular flexibility index (Phi) is 3.75. The lowest BCUT2D eigenvalue weighted by molar-refractivity contribution is -0.139. The Bertz CT molecular complexity index is 797. The minimum Gasteiger partial charge on any atom is -0.344 e. The van der Waals surface area contributed by atoms with Crippen LogP contribution in [0, 0.1) is 0 Å². The quantitative estimate of drug-likeness (QED) is 0.916. The smallest absolute Gasteiger partial charge is 0.245 e. The summed E-state index contributed by atoms with van der Waals surface area (Å²) in [6.07, 6.45) is 3.94. The molecule has 2 atom stereocenters. The largest absolute Gasteiger partial charge is 0.344 e. The summed E-state index contributed by atoms with van der Waals surface area (Å²) in [7, 11) is 2.01. The number of likely N-dealkylation sites (tertiary alicyclic amines) is 1. The van der Waals surface area contributed by atoms with Crippen LogP contribution in [0.25, 0.3) is 11.0 Å². The lowest BCUT2D eigenvalue weighted by Crippen LogP contribution is -2.50. The molecular formula is C18H22N4O2. The van der Waals surface area contributed by atoms with E-state index in [0.29, 0.717) is 6.42 Å². The molecule has 1 unspecified atom stereocenters. The van der Waals surface area contributed by atoms with Gasteiger partial charge in [-0.3, -0.25) is 9.59 Å². The van der Waals surface area contributed by atoms with Gasteiger partial charge in [-0.15, -0.1) is 0 Å². The van der Waals surface area contributed by atoms with E-state index in [1.807, 2.05) is 36.2 Å². The highest BCUT2D eigenvalue weighted by atomic mass is 16.2. The van der Waals surface area contributed by atoms with Gasteiger partial charge in [-0.05, 0) is 37.8 Å². The average Bonchev–Trinajstić information content (AvgIpc) is 3.19. The number of hydrogen-bond donors (Lipinski definition) is 1. The monoisotopic (exact) mass is 326 g/mol. The zero-order valence-corrected chi connectivity index (χ0v) is 13.9. The van der Waals surface area contributed by atoms with Crippen LogP contribution in [0.2, 0.25) is 0 Å². The van der Waals surface area contributed by atoms with Crippen molar-refractivity contribution in [3.05, 3.63) is 30.1 Å². The van der Waals surface area contributed by atoms with Gasteiger partial charge in [-0.2, -0.15) is 0 Å². The molecule has 1 N–H and O–H groups in total. The summed E-state index contributed by atoms with van der Waals surface area (Å²) in [5, 5.41) is 2.85. The number of rotatable bonds is 2. The summed E-state index contributed by atoms with van der Waals surface area (Å²) in [4.78, 5) is 31.2. The van der Waals surface area contributed by atoms with Gasteiger partial charge in [0.1, 0.15) is 11.9 Å². The lowest BCUT2D eigenvalue weighted by atomic mass is 10.0. The van der Waals surface area contributed by atoms with Crippen molar-refractivity contribution in [1.29, 1.82) is 0 Å². The SMILES string of the molecule is Cn1c(C2CCCN2C(=O)[C@H]2CCCC(=O)N2)nc2ccccc21. The van der Waals surface area contributed by atoms with Crippen molar-refractivity contribution in [2.24, 2.45) is 7.05 Å². The number of benzene rings is 1. The highest BCUT2D eigenvalue weighted by molar-refractivity contribution is 5.89. The van der Waals surface area contributed by atoms with Crippen LogP contribution in [0.5, 0.6) is 0 Å². The zero-order chi connectivity index (χ0) is 16.7. The van der Waals surface area contributed by atoms with E-state index >= 15 is 0 Å². The van der Waals surface area contributed by atoms with E-state index in [2.05, 4.69) is 9.88 Å². The number of nitrogens with one attached hydrogen (secondary N) is 1. The molecule has 24 heavy (non-hydrogen) atoms. The number of piperidine rings is 1. The van der Waals surface area contributed by atoms with E-state index in [9.17, 15) is 9.59 Å². The number of carbonyl (C=O) groups is 2. The Morgan fingerprint density at radius 2 is 2.08 bits per heavy atom. The molecule has 2 aliphatic heterocycles. The highest BCUT2D eigenvalue weighted by Gasteiger charge is 2.37. The number of amides is 2. The molecule has 0 saturated carbocycles. The van der Waals surface area contributed by atoms with E-state index in [4.69, 9.17) is 4.98 Å². The molecule has 2 aromatic rings. The molecule has 2 amide bonds. The number of imidazole rings is 1. The van der Waals surface area contributed by atoms with Crippen molar-refractivity contribution >= 4 is 22.8 Å². The number of nitrogens with zero attached hydrogens (tertiary/aromatic N) is 3. The third-order valence-electron chi connectivity index (χ3n) is 5.19. The number of carbonyl (C=O) groups excluding carboxylic acids is 2. The van der Waals surface area contributed by atoms with Crippen LogP contribution in [-0.2, 0) is 16.6 Å². The first kappa shape index (κ1) is 15.2. The standard InChI is InChI=1S/C18H22N4O2/c1-21-14-8-3-2-6-12(14)20-17(21)15-9-5-11-22(15)18(24)13-7-4-10-16(23)19-13/h2-3,6,8,13,15H,4-5,7,9-11H2,1H3,(H,19,23)/t13-,15?/m1/s1. The fraction of sp³-hybridized carbons (Fsp3) is 0.500. The van der Waals surface area contributed by atoms with Crippen LogP contribution in [-0.4, -0.2) is 38.9 Å². The first-order chi connectivity index (χ1) is 11.6. The molecule has 3 heterocycles. The Labute approximate surface area is 140 Å². The number of aromatic nitrogens is 2. The fourth-order valence-corrected chi connectivity index (χ4v) is 3.95. The number of para-hydroxylation sites is 2. The van der Waals surface area contributed by atoms with Crippen molar-refractivity contribution in [3.63, 3.8) is 0 Å². The van der Waals surface area contributed by atoms with Crippen molar-refractivity contribution in [2.45, 2.75) is 44.2 Å². The average molecular weight is 326 g/mol. The Hall–Kier alpha value is -2.37. The van der Waals surface area contributed by atoms with Crippen LogP contribution in [0.3, 0.4) is 0 Å². The first-order valence-electron chi connectivity index (χ1n) is 8.66. The molecule has 0 radical (unpaired) electrons. The van der Waals surface area contributed by atoms with Crippen molar-refractivity contribution in [2.75, 3.05) is 6.54 Å². The second kappa shape index (κ2) is 5.92. The van der Waals surface area contributed by atoms with E-state index in [1.165, 1.54) is 0 Å². The second-order valence-electron chi connectivity index (χ2n) is 6.72. The zero-order valence-electron chi connectivity index (χ0n) is 13.9. The van der Waals surface area contributed by atoms with Crippen LogP contribution >= 0.6 is 0 Å². The predicted molar refractivity (Wildman–Crippen MR) is 90.2 cm³/mol. The van der Waals surface area contributed by atoms with Gasteiger partial charge in [-0.1, -0.05) is 12.1 Å². The molecule has 0 bridgehead atoms. The van der Waals surface area contributed by atoms with Crippen LogP contribution in [0.1, 0.15) is 44.0 Å². The molecule has 2 saturated heterocycles. The van der Waals surface area contributed by atoms with Gasteiger partial charge in [0.2, 0.25) is 11.8 Å². The summed E-state index contributed by atoms with van der Waals surface area (Å²) in [6.45, 7) is 0.735. The highest BCUT2D eigenvalue weighted by Crippen LogP contribution is 2.33. The summed E-state index contributed by atoms with van der Waals surface area (Å²) in [5.74, 6) is 0.958. The molecule has 1 aromatic carbocycles. The van der Waals surface area contributed by atoms with E-state index < -0.39 is 0 Å². The summed E-state index contributed by atoms with van der Waals surface area (Å²) in [6, 6.07) is 7.66. The molecule has 1 aromatic heterocycles. The first-order valence-corrected chi connectivity index (χ1v) is 8.66. The summed E-state index contributed by atoms with van der Waals surface area (Å²) >= 11 is 0. The molecule has 2 aliphatic rings. The van der Waals surface area contributed by atoms with E-state index in [-0.39, 0.29) is 23.9 Å². The normalized spacial score (nSPS) is 24.4. The molecule has 6 heteroatoms. The molecule has 0 aliphatic carbocycles. The Balaban J connectivity index is 1.63. The predicted octanol–water partition coefficient (Wildman–Crippen LogP) is 1.91. The molecule has 126 valence electrons. The molecule has 6 nitrogen and oxygen atoms in total. The lowest BCUT2D eigenvalue weighted by Gasteiger charge is -2.30. The van der Waals surface area contributed by atoms with Gasteiger partial charge in [0.25, 0.3) is 0 Å². The fourth-order valence-electron chi connectivity index (χ4n) is 3.95. The van der Waals surface area contributed by atoms with Crippen LogP contribution in [0.4, 0.5) is 0 Å². The maximum absolute atomic E-state index is 12.9. The third-order valence-corrected chi connectivity index (χ3v) is 5.19. The number of aryl methyl sites for hydroxylation is 1. The van der Waals surface area contributed by atoms with Crippen molar-refractivity contribution in [3.8, 4) is 0 Å². The second-order valence-corrected chi connectivity index (χ2v) is 6.72. The molecule has 0 spiro atoms. The van der Waals surface area contributed by atoms with Gasteiger partial charge >= 0.3 is 0 Å². The summed E-state index contributed by atoms with van der Waals surface area (Å²) < 4.78 is 2.09. The third kappa shape index (κ3) is 2.46. The van der Waals surface area contributed by atoms with Gasteiger partial charge in [0.15, 0.2) is 0 Å². The Morgan fingerprint density at radius 1 is 1.25 bits per heavy atom. The minimum atomic E-state index is -0.374. The molecule has 2 fully saturated rings. The van der Waals surface area contributed by atoms with Gasteiger partial charge in [0, 0.05) is 20.0 Å². The number of hydrogen-bond acceptors (Lipinski definition) is 3. The van der Waals surface area contributed by atoms with Crippen LogP contribution < -0.4 is 5.32 Å². The van der Waals surface area contributed by atoms with Gasteiger partial charge < -0.3 is 14.8 Å². The van der Waals surface area contributed by atoms with E-state index in [1.54, 1.807) is 0 Å².